The summed E-state index contributed by atoms with van der Waals surface area (Å²) in [6, 6.07) is 5.71. The lowest BCUT2D eigenvalue weighted by Crippen LogP contribution is -2.34. The second-order valence-corrected chi connectivity index (χ2v) is 11.1. The molecule has 4 heterocycles. The van der Waals surface area contributed by atoms with E-state index in [1.807, 2.05) is 12.1 Å². The number of imidazole rings is 1. The summed E-state index contributed by atoms with van der Waals surface area (Å²) in [6.45, 7) is 1.46. The molecule has 0 N–H and O–H groups in total. The van der Waals surface area contributed by atoms with Gasteiger partial charge in [-0.25, -0.2) is 13.4 Å². The highest BCUT2D eigenvalue weighted by Gasteiger charge is 2.60. The highest BCUT2D eigenvalue weighted by molar-refractivity contribution is 7.91. The summed E-state index contributed by atoms with van der Waals surface area (Å²) in [7, 11) is -2.38. The number of aromatic nitrogens is 5. The summed E-state index contributed by atoms with van der Waals surface area (Å²) in [5.41, 5.74) is 0.472. The molecule has 0 atom stereocenters. The quantitative estimate of drug-likeness (QED) is 0.305. The van der Waals surface area contributed by atoms with Crippen molar-refractivity contribution >= 4 is 20.9 Å². The molecule has 4 aromatic rings. The molecule has 5 rings (SSSR count). The Bertz CT molecular complexity index is 1610. The van der Waals surface area contributed by atoms with E-state index < -0.39 is 27.6 Å². The summed E-state index contributed by atoms with van der Waals surface area (Å²) in [5, 5.41) is 0. The number of aryl methyl sites for hydroxylation is 1. The van der Waals surface area contributed by atoms with Crippen molar-refractivity contribution in [2.45, 2.75) is 42.7 Å². The van der Waals surface area contributed by atoms with Gasteiger partial charge in [0.05, 0.1) is 27.9 Å². The third-order valence-corrected chi connectivity index (χ3v) is 8.08. The highest BCUT2D eigenvalue weighted by atomic mass is 32.2. The first-order valence-corrected chi connectivity index (χ1v) is 13.0. The van der Waals surface area contributed by atoms with Crippen molar-refractivity contribution in [3.8, 4) is 22.6 Å². The number of nitrogens with zero attached hydrogens (tertiary/aromatic N) is 5. The Morgan fingerprint density at radius 3 is 2.27 bits per heavy atom. The molecule has 1 aliphatic carbocycles. The Kier molecular flexibility index (Phi) is 5.81. The van der Waals surface area contributed by atoms with Gasteiger partial charge in [0.15, 0.2) is 15.7 Å². The molecule has 0 unspecified atom stereocenters. The third-order valence-electron chi connectivity index (χ3n) is 6.34. The lowest BCUT2D eigenvalue weighted by molar-refractivity contribution is -0.290. The van der Waals surface area contributed by atoms with E-state index in [2.05, 4.69) is 19.9 Å². The number of halogens is 5. The Labute approximate surface area is 208 Å². The van der Waals surface area contributed by atoms with Crippen molar-refractivity contribution in [1.82, 2.24) is 24.5 Å². The third kappa shape index (κ3) is 4.34. The maximum absolute atomic E-state index is 13.8. The van der Waals surface area contributed by atoms with Crippen LogP contribution in [0.2, 0.25) is 0 Å². The van der Waals surface area contributed by atoms with E-state index in [1.165, 1.54) is 30.8 Å². The van der Waals surface area contributed by atoms with Gasteiger partial charge in [-0.1, -0.05) is 13.0 Å². The van der Waals surface area contributed by atoms with E-state index in [0.717, 1.165) is 24.7 Å². The van der Waals surface area contributed by atoms with Crippen LogP contribution < -0.4 is 0 Å². The average Bonchev–Trinajstić information content (AvgIpc) is 3.66. The first-order valence-electron chi connectivity index (χ1n) is 11.3. The monoisotopic (exact) mass is 537 g/mol. The minimum atomic E-state index is -5.84. The summed E-state index contributed by atoms with van der Waals surface area (Å²) >= 11 is 0. The smallest absolute Gasteiger partial charge is 0.324 e. The van der Waals surface area contributed by atoms with Crippen LogP contribution in [0.5, 0.6) is 0 Å². The molecule has 0 aromatic carbocycles. The number of fused-ring (bicyclic) bond motifs is 1. The standard InChI is InChI=1S/C24H20F5N5O2S/c1-3-37(35,36)19-8-15(14-6-7-16(30-10-14)13-4-5-13)11-32-21(19)22-33-17-9-20(23(25,26)24(27,28)29)31-12-18(17)34(22)2/h6-13H,3-5H2,1-2H3. The molecule has 1 aliphatic rings. The number of hydrogen-bond acceptors (Lipinski definition) is 6. The van der Waals surface area contributed by atoms with Gasteiger partial charge in [0.25, 0.3) is 0 Å². The van der Waals surface area contributed by atoms with Gasteiger partial charge >= 0.3 is 12.1 Å². The number of sulfone groups is 1. The fourth-order valence-electron chi connectivity index (χ4n) is 3.98. The normalized spacial score (nSPS) is 14.9. The number of pyridine rings is 3. The first-order chi connectivity index (χ1) is 17.3. The van der Waals surface area contributed by atoms with Crippen LogP contribution >= 0.6 is 0 Å². The van der Waals surface area contributed by atoms with Crippen LogP contribution in [0.4, 0.5) is 22.0 Å². The molecule has 0 bridgehead atoms. The van der Waals surface area contributed by atoms with Gasteiger partial charge in [-0.15, -0.1) is 0 Å². The van der Waals surface area contributed by atoms with Gasteiger partial charge in [0, 0.05) is 42.2 Å². The molecular formula is C24H20F5N5O2S. The number of rotatable bonds is 6. The minimum Gasteiger partial charge on any atom is -0.324 e. The molecule has 1 saturated carbocycles. The van der Waals surface area contributed by atoms with E-state index in [4.69, 9.17) is 0 Å². The van der Waals surface area contributed by atoms with Gasteiger partial charge in [-0.05, 0) is 31.0 Å². The Hall–Kier alpha value is -3.48. The minimum absolute atomic E-state index is 0.0231. The highest BCUT2D eigenvalue weighted by Crippen LogP contribution is 2.44. The summed E-state index contributed by atoms with van der Waals surface area (Å²) in [5.74, 6) is -5.00. The second kappa shape index (κ2) is 8.54. The van der Waals surface area contributed by atoms with E-state index >= 15 is 0 Å². The van der Waals surface area contributed by atoms with Gasteiger partial charge in [0.2, 0.25) is 0 Å². The van der Waals surface area contributed by atoms with Crippen molar-refractivity contribution in [1.29, 1.82) is 0 Å². The van der Waals surface area contributed by atoms with Crippen LogP contribution in [0.3, 0.4) is 0 Å². The van der Waals surface area contributed by atoms with E-state index in [-0.39, 0.29) is 33.2 Å². The molecule has 7 nitrogen and oxygen atoms in total. The molecule has 0 aliphatic heterocycles. The fourth-order valence-corrected chi connectivity index (χ4v) is 5.03. The van der Waals surface area contributed by atoms with Crippen molar-refractivity contribution in [2.75, 3.05) is 5.75 Å². The lowest BCUT2D eigenvalue weighted by atomic mass is 10.1. The molecular weight excluding hydrogens is 517 g/mol. The maximum Gasteiger partial charge on any atom is 0.459 e. The zero-order chi connectivity index (χ0) is 26.8. The molecule has 0 amide bonds. The largest absolute Gasteiger partial charge is 0.459 e. The van der Waals surface area contributed by atoms with E-state index in [1.54, 1.807) is 6.20 Å². The summed E-state index contributed by atoms with van der Waals surface area (Å²) in [6.07, 6.45) is 0.274. The van der Waals surface area contributed by atoms with Gasteiger partial charge in [-0.2, -0.15) is 22.0 Å². The van der Waals surface area contributed by atoms with Crippen LogP contribution in [0.1, 0.15) is 37.1 Å². The Morgan fingerprint density at radius 1 is 0.973 bits per heavy atom. The zero-order valence-electron chi connectivity index (χ0n) is 19.6. The van der Waals surface area contributed by atoms with Crippen LogP contribution in [0.25, 0.3) is 33.7 Å². The molecule has 13 heteroatoms. The Morgan fingerprint density at radius 2 is 1.68 bits per heavy atom. The van der Waals surface area contributed by atoms with Crippen molar-refractivity contribution in [3.63, 3.8) is 0 Å². The predicted molar refractivity (Wildman–Crippen MR) is 125 cm³/mol. The average molecular weight is 538 g/mol. The maximum atomic E-state index is 13.8. The second-order valence-electron chi connectivity index (χ2n) is 8.85. The van der Waals surface area contributed by atoms with Gasteiger partial charge in [0.1, 0.15) is 11.4 Å². The van der Waals surface area contributed by atoms with Gasteiger partial charge < -0.3 is 4.57 Å². The molecule has 1 fully saturated rings. The van der Waals surface area contributed by atoms with Crippen LogP contribution in [0.15, 0.2) is 47.8 Å². The molecule has 37 heavy (non-hydrogen) atoms. The SMILES string of the molecule is CCS(=O)(=O)c1cc(-c2ccc(C3CC3)nc2)cnc1-c1nc2cc(C(F)(F)C(F)(F)F)ncc2n1C. The molecule has 194 valence electrons. The Balaban J connectivity index is 1.63. The zero-order valence-corrected chi connectivity index (χ0v) is 20.4. The van der Waals surface area contributed by atoms with Gasteiger partial charge in [-0.3, -0.25) is 15.0 Å². The molecule has 0 spiro atoms. The van der Waals surface area contributed by atoms with Crippen molar-refractivity contribution in [2.24, 2.45) is 7.05 Å². The van der Waals surface area contributed by atoms with Crippen molar-refractivity contribution in [3.05, 3.63) is 54.2 Å². The number of alkyl halides is 5. The molecule has 0 saturated heterocycles. The van der Waals surface area contributed by atoms with Crippen LogP contribution in [-0.2, 0) is 22.8 Å². The topological polar surface area (TPSA) is 90.6 Å². The van der Waals surface area contributed by atoms with E-state index in [0.29, 0.717) is 23.1 Å². The predicted octanol–water partition coefficient (Wildman–Crippen LogP) is 5.42. The van der Waals surface area contributed by atoms with E-state index in [9.17, 15) is 30.4 Å². The van der Waals surface area contributed by atoms with Crippen LogP contribution in [0, 0.1) is 0 Å². The summed E-state index contributed by atoms with van der Waals surface area (Å²) in [4.78, 5) is 16.1. The first kappa shape index (κ1) is 25.2. The fraction of sp³-hybridized carbons (Fsp3) is 0.333. The summed E-state index contributed by atoms with van der Waals surface area (Å²) < 4.78 is 93.6. The van der Waals surface area contributed by atoms with Crippen molar-refractivity contribution < 1.29 is 30.4 Å². The number of hydrogen-bond donors (Lipinski definition) is 0. The molecule has 4 aromatic heterocycles. The lowest BCUT2D eigenvalue weighted by Gasteiger charge is -2.18. The molecule has 0 radical (unpaired) electrons. The van der Waals surface area contributed by atoms with Crippen LogP contribution in [-0.4, -0.2) is 44.8 Å².